The first-order valence-corrected chi connectivity index (χ1v) is 8.96. The highest BCUT2D eigenvalue weighted by Crippen LogP contribution is 2.30. The molecule has 3 atom stereocenters. The van der Waals surface area contributed by atoms with Crippen LogP contribution >= 0.6 is 22.6 Å². The van der Waals surface area contributed by atoms with E-state index in [9.17, 15) is 9.59 Å². The molecule has 2 aliphatic rings. The highest BCUT2D eigenvalue weighted by molar-refractivity contribution is 14.1. The summed E-state index contributed by atoms with van der Waals surface area (Å²) in [5.74, 6) is -0.770. The number of amides is 1. The predicted molar refractivity (Wildman–Crippen MR) is 95.8 cm³/mol. The van der Waals surface area contributed by atoms with E-state index in [4.69, 9.17) is 19.3 Å². The molecule has 0 spiro atoms. The second kappa shape index (κ2) is 8.26. The number of esters is 1. The normalized spacial score (nSPS) is 25.0. The Hall–Kier alpha value is -1.49. The van der Waals surface area contributed by atoms with Crippen LogP contribution in [0, 0.1) is 3.57 Å². The van der Waals surface area contributed by atoms with Crippen molar-refractivity contribution in [1.82, 2.24) is 5.32 Å². The summed E-state index contributed by atoms with van der Waals surface area (Å²) in [6, 6.07) is 7.08. The molecule has 25 heavy (non-hydrogen) atoms. The molecule has 1 amide bonds. The van der Waals surface area contributed by atoms with Gasteiger partial charge in [0, 0.05) is 22.1 Å². The molecule has 3 rings (SSSR count). The Morgan fingerprint density at radius 3 is 2.96 bits per heavy atom. The molecule has 1 aliphatic heterocycles. The Balaban J connectivity index is 1.73. The van der Waals surface area contributed by atoms with E-state index in [0.29, 0.717) is 11.1 Å². The molecule has 1 saturated heterocycles. The molecule has 134 valence electrons. The Morgan fingerprint density at radius 1 is 1.36 bits per heavy atom. The first-order valence-electron chi connectivity index (χ1n) is 7.88. The summed E-state index contributed by atoms with van der Waals surface area (Å²) in [5, 5.41) is 11.4. The minimum atomic E-state index is -0.613. The number of aliphatic hydroxyl groups excluding tert-OH is 1. The number of carbonyl (C=O) groups excluding carboxylic acids is 2. The SMILES string of the molecule is O=C(NCCO)C1=CC2OCOC2C(OC(=O)c2cccc(I)c2)C1. The van der Waals surface area contributed by atoms with Crippen LogP contribution in [0.2, 0.25) is 0 Å². The molecule has 3 unspecified atom stereocenters. The molecule has 1 aromatic rings. The van der Waals surface area contributed by atoms with Crippen molar-refractivity contribution in [3.63, 3.8) is 0 Å². The first-order chi connectivity index (χ1) is 12.1. The van der Waals surface area contributed by atoms with Gasteiger partial charge in [-0.25, -0.2) is 4.79 Å². The number of carbonyl (C=O) groups is 2. The molecule has 0 saturated carbocycles. The minimum absolute atomic E-state index is 0.0919. The fourth-order valence-corrected chi connectivity index (χ4v) is 3.37. The maximum Gasteiger partial charge on any atom is 0.338 e. The predicted octanol–water partition coefficient (Wildman–Crippen LogP) is 0.997. The second-order valence-corrected chi connectivity index (χ2v) is 6.96. The van der Waals surface area contributed by atoms with Crippen LogP contribution < -0.4 is 5.32 Å². The number of rotatable bonds is 5. The van der Waals surface area contributed by atoms with Gasteiger partial charge in [-0.3, -0.25) is 4.79 Å². The molecule has 0 radical (unpaired) electrons. The van der Waals surface area contributed by atoms with Crippen LogP contribution in [0.25, 0.3) is 0 Å². The highest BCUT2D eigenvalue weighted by atomic mass is 127. The Labute approximate surface area is 158 Å². The van der Waals surface area contributed by atoms with E-state index in [-0.39, 0.29) is 32.3 Å². The number of benzene rings is 1. The number of halogens is 1. The highest BCUT2D eigenvalue weighted by Gasteiger charge is 2.42. The number of fused-ring (bicyclic) bond motifs is 1. The lowest BCUT2D eigenvalue weighted by Gasteiger charge is -2.30. The zero-order valence-electron chi connectivity index (χ0n) is 13.3. The Morgan fingerprint density at radius 2 is 2.20 bits per heavy atom. The molecule has 7 nitrogen and oxygen atoms in total. The third-order valence-corrected chi connectivity index (χ3v) is 4.68. The van der Waals surface area contributed by atoms with Crippen LogP contribution in [0.1, 0.15) is 16.8 Å². The van der Waals surface area contributed by atoms with Crippen molar-refractivity contribution in [1.29, 1.82) is 0 Å². The van der Waals surface area contributed by atoms with Gasteiger partial charge in [-0.2, -0.15) is 0 Å². The van der Waals surface area contributed by atoms with Gasteiger partial charge in [-0.15, -0.1) is 0 Å². The van der Waals surface area contributed by atoms with Crippen molar-refractivity contribution >= 4 is 34.5 Å². The van der Waals surface area contributed by atoms with E-state index < -0.39 is 24.3 Å². The Bertz CT molecular complexity index is 691. The molecule has 1 aromatic carbocycles. The van der Waals surface area contributed by atoms with Gasteiger partial charge in [0.25, 0.3) is 0 Å². The molecule has 8 heteroatoms. The average Bonchev–Trinajstić information content (AvgIpc) is 3.08. The summed E-state index contributed by atoms with van der Waals surface area (Å²) < 4.78 is 17.5. The van der Waals surface area contributed by atoms with Crippen LogP contribution in [0.15, 0.2) is 35.9 Å². The molecule has 2 N–H and O–H groups in total. The van der Waals surface area contributed by atoms with Crippen molar-refractivity contribution in [2.75, 3.05) is 19.9 Å². The van der Waals surface area contributed by atoms with Crippen LogP contribution in [0.3, 0.4) is 0 Å². The summed E-state index contributed by atoms with van der Waals surface area (Å²) in [6.07, 6.45) is 0.452. The second-order valence-electron chi connectivity index (χ2n) is 5.71. The topological polar surface area (TPSA) is 94.1 Å². The van der Waals surface area contributed by atoms with Crippen molar-refractivity contribution in [3.05, 3.63) is 45.0 Å². The van der Waals surface area contributed by atoms with E-state index in [2.05, 4.69) is 27.9 Å². The molecule has 0 bridgehead atoms. The van der Waals surface area contributed by atoms with E-state index >= 15 is 0 Å². The number of nitrogens with one attached hydrogen (secondary N) is 1. The number of hydrogen-bond donors (Lipinski definition) is 2. The van der Waals surface area contributed by atoms with Crippen molar-refractivity contribution < 1.29 is 28.9 Å². The summed E-state index contributed by atoms with van der Waals surface area (Å²) in [4.78, 5) is 24.6. The van der Waals surface area contributed by atoms with Crippen LogP contribution in [0.4, 0.5) is 0 Å². The maximum atomic E-state index is 12.4. The van der Waals surface area contributed by atoms with Crippen LogP contribution in [0.5, 0.6) is 0 Å². The van der Waals surface area contributed by atoms with E-state index in [1.54, 1.807) is 24.3 Å². The lowest BCUT2D eigenvalue weighted by atomic mass is 9.91. The van der Waals surface area contributed by atoms with Crippen molar-refractivity contribution in [2.24, 2.45) is 0 Å². The van der Waals surface area contributed by atoms with Gasteiger partial charge < -0.3 is 24.6 Å². The number of hydrogen-bond acceptors (Lipinski definition) is 6. The smallest absolute Gasteiger partial charge is 0.338 e. The lowest BCUT2D eigenvalue weighted by Crippen LogP contribution is -2.43. The molecular weight excluding hydrogens is 441 g/mol. The number of ether oxygens (including phenoxy) is 3. The fourth-order valence-electron chi connectivity index (χ4n) is 2.83. The summed E-state index contributed by atoms with van der Waals surface area (Å²) in [5.41, 5.74) is 0.906. The van der Waals surface area contributed by atoms with E-state index in [1.165, 1.54) is 0 Å². The van der Waals surface area contributed by atoms with Gasteiger partial charge in [0.1, 0.15) is 25.1 Å². The van der Waals surface area contributed by atoms with Crippen molar-refractivity contribution in [2.45, 2.75) is 24.7 Å². The van der Waals surface area contributed by atoms with Crippen LogP contribution in [-0.2, 0) is 19.0 Å². The maximum absolute atomic E-state index is 12.4. The molecule has 0 aromatic heterocycles. The summed E-state index contributed by atoms with van der Waals surface area (Å²) >= 11 is 2.12. The molecule has 1 heterocycles. The van der Waals surface area contributed by atoms with E-state index in [0.717, 1.165) is 3.57 Å². The Kier molecular flexibility index (Phi) is 6.05. The molecule has 1 aliphatic carbocycles. The van der Waals surface area contributed by atoms with Gasteiger partial charge in [0.2, 0.25) is 5.91 Å². The summed E-state index contributed by atoms with van der Waals surface area (Å²) in [7, 11) is 0. The summed E-state index contributed by atoms with van der Waals surface area (Å²) in [6.45, 7) is 0.110. The van der Waals surface area contributed by atoms with Gasteiger partial charge in [0.05, 0.1) is 12.2 Å². The van der Waals surface area contributed by atoms with Gasteiger partial charge in [-0.1, -0.05) is 6.07 Å². The zero-order chi connectivity index (χ0) is 17.8. The minimum Gasteiger partial charge on any atom is -0.456 e. The quantitative estimate of drug-likeness (QED) is 0.504. The zero-order valence-corrected chi connectivity index (χ0v) is 15.5. The number of aliphatic hydroxyl groups is 1. The third kappa shape index (κ3) is 4.38. The average molecular weight is 459 g/mol. The fraction of sp³-hybridized carbons (Fsp3) is 0.412. The van der Waals surface area contributed by atoms with E-state index in [1.807, 2.05) is 6.07 Å². The molecule has 1 fully saturated rings. The van der Waals surface area contributed by atoms with Crippen LogP contribution in [-0.4, -0.2) is 55.2 Å². The monoisotopic (exact) mass is 459 g/mol. The van der Waals surface area contributed by atoms with Gasteiger partial charge in [0.15, 0.2) is 0 Å². The standard InChI is InChI=1S/C17H18INO6/c18-12-3-1-2-10(6-12)17(22)25-14-8-11(16(21)19-4-5-20)7-13-15(14)24-9-23-13/h1-3,6-7,13-15,20H,4-5,8-9H2,(H,19,21). The lowest BCUT2D eigenvalue weighted by molar-refractivity contribution is -0.118. The largest absolute Gasteiger partial charge is 0.456 e. The molecular formula is C17H18INO6. The first kappa shape index (κ1) is 18.3. The van der Waals surface area contributed by atoms with Gasteiger partial charge in [-0.05, 0) is 46.9 Å². The van der Waals surface area contributed by atoms with Gasteiger partial charge >= 0.3 is 5.97 Å². The van der Waals surface area contributed by atoms with Crippen molar-refractivity contribution in [3.8, 4) is 0 Å². The third-order valence-electron chi connectivity index (χ3n) is 4.01.